The molecule has 2 aliphatic rings. The molecule has 1 saturated heterocycles. The number of aryl methyl sites for hydroxylation is 1. The normalized spacial score (nSPS) is 24.8. The van der Waals surface area contributed by atoms with Crippen LogP contribution in [0.5, 0.6) is 0 Å². The van der Waals surface area contributed by atoms with E-state index in [1.54, 1.807) is 7.05 Å². The standard InChI is InChI=1S/C12H17N3O4S/c1-14-7-10(6-13-14)20(17,18)15-4-5-19-11(8-15)12(16)9-2-3-9/h6-7,9,11H,2-5,8H2,1H3/t11-/m0/s1. The Bertz CT molecular complexity index is 620. The first-order valence-electron chi connectivity index (χ1n) is 6.62. The molecule has 1 saturated carbocycles. The summed E-state index contributed by atoms with van der Waals surface area (Å²) in [6.45, 7) is 0.626. The van der Waals surface area contributed by atoms with Gasteiger partial charge in [-0.15, -0.1) is 0 Å². The molecule has 110 valence electrons. The van der Waals surface area contributed by atoms with Gasteiger partial charge < -0.3 is 4.74 Å². The van der Waals surface area contributed by atoms with Crippen LogP contribution in [0.3, 0.4) is 0 Å². The van der Waals surface area contributed by atoms with E-state index in [0.29, 0.717) is 0 Å². The lowest BCUT2D eigenvalue weighted by molar-refractivity contribution is -0.135. The summed E-state index contributed by atoms with van der Waals surface area (Å²) in [6, 6.07) is 0. The van der Waals surface area contributed by atoms with Gasteiger partial charge in [0.1, 0.15) is 11.0 Å². The highest BCUT2D eigenvalue weighted by atomic mass is 32.2. The minimum atomic E-state index is -3.60. The van der Waals surface area contributed by atoms with Gasteiger partial charge in [0.25, 0.3) is 0 Å². The molecule has 0 N–H and O–H groups in total. The van der Waals surface area contributed by atoms with Crippen molar-refractivity contribution in [3.63, 3.8) is 0 Å². The number of morpholine rings is 1. The third-order valence-corrected chi connectivity index (χ3v) is 5.46. The van der Waals surface area contributed by atoms with Crippen LogP contribution in [-0.4, -0.2) is 54.1 Å². The number of rotatable bonds is 4. The number of Topliss-reactive ketones (excluding diaryl/α,β-unsaturated/α-hetero) is 1. The zero-order chi connectivity index (χ0) is 14.3. The first-order chi connectivity index (χ1) is 9.48. The van der Waals surface area contributed by atoms with Crippen molar-refractivity contribution in [2.45, 2.75) is 23.8 Å². The van der Waals surface area contributed by atoms with Crippen molar-refractivity contribution in [3.05, 3.63) is 12.4 Å². The zero-order valence-corrected chi connectivity index (χ0v) is 12.0. The molecule has 8 heteroatoms. The van der Waals surface area contributed by atoms with Crippen LogP contribution in [0.4, 0.5) is 0 Å². The summed E-state index contributed by atoms with van der Waals surface area (Å²) in [6.07, 6.45) is 3.95. The van der Waals surface area contributed by atoms with Crippen molar-refractivity contribution in [2.24, 2.45) is 13.0 Å². The lowest BCUT2D eigenvalue weighted by Gasteiger charge is -2.31. The van der Waals surface area contributed by atoms with E-state index in [-0.39, 0.29) is 36.3 Å². The molecular formula is C12H17N3O4S. The van der Waals surface area contributed by atoms with Crippen LogP contribution in [0.2, 0.25) is 0 Å². The number of hydrogen-bond acceptors (Lipinski definition) is 5. The first-order valence-corrected chi connectivity index (χ1v) is 8.06. The Kier molecular flexibility index (Phi) is 3.39. The van der Waals surface area contributed by atoms with Gasteiger partial charge in [-0.2, -0.15) is 9.40 Å². The molecular weight excluding hydrogens is 282 g/mol. The molecule has 1 aromatic rings. The van der Waals surface area contributed by atoms with Crippen molar-refractivity contribution in [1.29, 1.82) is 0 Å². The number of carbonyl (C=O) groups is 1. The highest BCUT2D eigenvalue weighted by molar-refractivity contribution is 7.89. The maximum atomic E-state index is 12.5. The Morgan fingerprint density at radius 2 is 2.20 bits per heavy atom. The maximum Gasteiger partial charge on any atom is 0.246 e. The monoisotopic (exact) mass is 299 g/mol. The van der Waals surface area contributed by atoms with Crippen molar-refractivity contribution in [2.75, 3.05) is 19.7 Å². The van der Waals surface area contributed by atoms with Gasteiger partial charge in [0.15, 0.2) is 5.78 Å². The van der Waals surface area contributed by atoms with E-state index in [1.165, 1.54) is 21.4 Å². The molecule has 1 aliphatic carbocycles. The van der Waals surface area contributed by atoms with Crippen LogP contribution in [-0.2, 0) is 26.6 Å². The number of hydrogen-bond donors (Lipinski definition) is 0. The van der Waals surface area contributed by atoms with E-state index in [4.69, 9.17) is 4.74 Å². The SMILES string of the molecule is Cn1cc(S(=O)(=O)N2CCO[C@H](C(=O)C3CC3)C2)cn1. The summed E-state index contributed by atoms with van der Waals surface area (Å²) < 4.78 is 33.1. The zero-order valence-electron chi connectivity index (χ0n) is 11.2. The number of ketones is 1. The highest BCUT2D eigenvalue weighted by Gasteiger charge is 2.40. The van der Waals surface area contributed by atoms with Crippen LogP contribution >= 0.6 is 0 Å². The van der Waals surface area contributed by atoms with Crippen LogP contribution in [0.15, 0.2) is 17.3 Å². The average Bonchev–Trinajstić information content (AvgIpc) is 3.19. The number of carbonyl (C=O) groups excluding carboxylic acids is 1. The van der Waals surface area contributed by atoms with Gasteiger partial charge in [-0.1, -0.05) is 0 Å². The summed E-state index contributed by atoms with van der Waals surface area (Å²) in [7, 11) is -1.93. The predicted molar refractivity (Wildman–Crippen MR) is 69.4 cm³/mol. The molecule has 3 rings (SSSR count). The van der Waals surface area contributed by atoms with E-state index in [0.717, 1.165) is 12.8 Å². The molecule has 0 unspecified atom stereocenters. The molecule has 2 heterocycles. The lowest BCUT2D eigenvalue weighted by Crippen LogP contribution is -2.48. The largest absolute Gasteiger partial charge is 0.368 e. The van der Waals surface area contributed by atoms with E-state index >= 15 is 0 Å². The van der Waals surface area contributed by atoms with Crippen molar-refractivity contribution >= 4 is 15.8 Å². The fourth-order valence-electron chi connectivity index (χ4n) is 2.33. The summed E-state index contributed by atoms with van der Waals surface area (Å²) >= 11 is 0. The molecule has 1 aliphatic heterocycles. The lowest BCUT2D eigenvalue weighted by atomic mass is 10.1. The molecule has 0 radical (unpaired) electrons. The van der Waals surface area contributed by atoms with Gasteiger partial charge in [-0.05, 0) is 12.8 Å². The van der Waals surface area contributed by atoms with Gasteiger partial charge in [0, 0.05) is 32.3 Å². The van der Waals surface area contributed by atoms with Gasteiger partial charge in [0.05, 0.1) is 12.8 Å². The van der Waals surface area contributed by atoms with Crippen molar-refractivity contribution in [3.8, 4) is 0 Å². The Balaban J connectivity index is 1.77. The molecule has 7 nitrogen and oxygen atoms in total. The summed E-state index contributed by atoms with van der Waals surface area (Å²) in [5.74, 6) is 0.108. The molecule has 0 spiro atoms. The minimum Gasteiger partial charge on any atom is -0.368 e. The Morgan fingerprint density at radius 1 is 1.45 bits per heavy atom. The van der Waals surface area contributed by atoms with Gasteiger partial charge in [-0.3, -0.25) is 9.48 Å². The van der Waals surface area contributed by atoms with Crippen molar-refractivity contribution in [1.82, 2.24) is 14.1 Å². The van der Waals surface area contributed by atoms with E-state index < -0.39 is 16.1 Å². The number of nitrogens with zero attached hydrogens (tertiary/aromatic N) is 3. The second-order valence-corrected chi connectivity index (χ2v) is 7.19. The Labute approximate surface area is 117 Å². The van der Waals surface area contributed by atoms with Crippen molar-refractivity contribution < 1.29 is 17.9 Å². The van der Waals surface area contributed by atoms with E-state index in [9.17, 15) is 13.2 Å². The molecule has 20 heavy (non-hydrogen) atoms. The topological polar surface area (TPSA) is 81.5 Å². The van der Waals surface area contributed by atoms with Gasteiger partial charge in [0.2, 0.25) is 10.0 Å². The van der Waals surface area contributed by atoms with Crippen LogP contribution in [0.1, 0.15) is 12.8 Å². The summed E-state index contributed by atoms with van der Waals surface area (Å²) in [5.41, 5.74) is 0. The second-order valence-electron chi connectivity index (χ2n) is 5.25. The van der Waals surface area contributed by atoms with Crippen LogP contribution in [0, 0.1) is 5.92 Å². The number of ether oxygens (including phenoxy) is 1. The van der Waals surface area contributed by atoms with Crippen LogP contribution < -0.4 is 0 Å². The van der Waals surface area contributed by atoms with Crippen LogP contribution in [0.25, 0.3) is 0 Å². The Morgan fingerprint density at radius 3 is 2.80 bits per heavy atom. The molecule has 2 fully saturated rings. The average molecular weight is 299 g/mol. The highest BCUT2D eigenvalue weighted by Crippen LogP contribution is 2.32. The minimum absolute atomic E-state index is 0.0380. The fourth-order valence-corrected chi connectivity index (χ4v) is 3.74. The van der Waals surface area contributed by atoms with Gasteiger partial charge >= 0.3 is 0 Å². The Hall–Kier alpha value is -1.25. The maximum absolute atomic E-state index is 12.5. The molecule has 1 aromatic heterocycles. The fraction of sp³-hybridized carbons (Fsp3) is 0.667. The summed E-state index contributed by atoms with van der Waals surface area (Å²) in [4.78, 5) is 12.2. The third kappa shape index (κ3) is 2.50. The van der Waals surface area contributed by atoms with E-state index in [2.05, 4.69) is 5.10 Å². The summed E-state index contributed by atoms with van der Waals surface area (Å²) in [5, 5.41) is 3.88. The molecule has 0 amide bonds. The number of aromatic nitrogens is 2. The predicted octanol–water partition coefficient (Wildman–Crippen LogP) is -0.211. The molecule has 0 aromatic carbocycles. The second kappa shape index (κ2) is 4.94. The quantitative estimate of drug-likeness (QED) is 0.768. The van der Waals surface area contributed by atoms with Gasteiger partial charge in [-0.25, -0.2) is 8.42 Å². The number of sulfonamides is 1. The van der Waals surface area contributed by atoms with E-state index in [1.807, 2.05) is 0 Å². The molecule has 1 atom stereocenters. The molecule has 0 bridgehead atoms. The smallest absolute Gasteiger partial charge is 0.246 e. The first kappa shape index (κ1) is 13.7. The third-order valence-electron chi connectivity index (χ3n) is 3.65.